The highest BCUT2D eigenvalue weighted by Crippen LogP contribution is 2.33. The molecule has 0 radical (unpaired) electrons. The Kier molecular flexibility index (Phi) is 8.51. The van der Waals surface area contributed by atoms with Crippen molar-refractivity contribution < 1.29 is 35.9 Å². The molecule has 3 heterocycles. The Morgan fingerprint density at radius 3 is 2.39 bits per heavy atom. The zero-order valence-corrected chi connectivity index (χ0v) is 20.3. The average molecular weight is 558 g/mol. The molecule has 36 heavy (non-hydrogen) atoms. The van der Waals surface area contributed by atoms with Crippen LogP contribution in [0.5, 0.6) is 0 Å². The predicted molar refractivity (Wildman–Crippen MR) is 121 cm³/mol. The first-order valence-corrected chi connectivity index (χ1v) is 11.8. The van der Waals surface area contributed by atoms with Gasteiger partial charge in [0.1, 0.15) is 5.82 Å². The van der Waals surface area contributed by atoms with E-state index in [1.807, 2.05) is 0 Å². The van der Waals surface area contributed by atoms with Crippen molar-refractivity contribution >= 4 is 36.0 Å². The first-order valence-electron chi connectivity index (χ1n) is 10.7. The molecule has 1 fully saturated rings. The minimum absolute atomic E-state index is 0. The summed E-state index contributed by atoms with van der Waals surface area (Å²) < 4.78 is 82.0. The smallest absolute Gasteiger partial charge is 0.335 e. The lowest BCUT2D eigenvalue weighted by Crippen LogP contribution is -2.42. The zero-order valence-electron chi connectivity index (χ0n) is 18.7. The molecule has 0 saturated carbocycles. The second-order valence-electron chi connectivity index (χ2n) is 8.33. The van der Waals surface area contributed by atoms with E-state index in [0.29, 0.717) is 30.3 Å². The molecule has 1 aromatic heterocycles. The van der Waals surface area contributed by atoms with Crippen LogP contribution in [0.2, 0.25) is 0 Å². The SMILES string of the molecule is Cl.NC(CC(=O)N1CCn2c(C(F)(F)F)nc(C(=O)N3CCSC3)c2C1)Cc1cc(F)c(F)cc1F. The Balaban J connectivity index is 0.00000361. The quantitative estimate of drug-likeness (QED) is 0.451. The van der Waals surface area contributed by atoms with Crippen LogP contribution in [0.1, 0.15) is 34.0 Å². The van der Waals surface area contributed by atoms with Crippen LogP contribution in [-0.2, 0) is 30.5 Å². The number of amides is 2. The molecule has 2 aliphatic heterocycles. The van der Waals surface area contributed by atoms with E-state index in [9.17, 15) is 35.9 Å². The Hall–Kier alpha value is -2.45. The Morgan fingerprint density at radius 2 is 1.75 bits per heavy atom. The number of rotatable bonds is 5. The summed E-state index contributed by atoms with van der Waals surface area (Å²) in [6.07, 6.45) is -5.35. The summed E-state index contributed by atoms with van der Waals surface area (Å²) in [5.41, 5.74) is 5.37. The van der Waals surface area contributed by atoms with E-state index in [1.165, 1.54) is 21.6 Å². The minimum atomic E-state index is -4.78. The number of imidazole rings is 1. The third-order valence-corrected chi connectivity index (χ3v) is 6.83. The first kappa shape index (κ1) is 28.1. The van der Waals surface area contributed by atoms with Crippen molar-refractivity contribution in [2.75, 3.05) is 24.7 Å². The van der Waals surface area contributed by atoms with Crippen molar-refractivity contribution in [3.63, 3.8) is 0 Å². The van der Waals surface area contributed by atoms with Crippen molar-refractivity contribution in [3.05, 3.63) is 52.4 Å². The highest BCUT2D eigenvalue weighted by Gasteiger charge is 2.42. The van der Waals surface area contributed by atoms with Gasteiger partial charge in [0.25, 0.3) is 5.91 Å². The van der Waals surface area contributed by atoms with E-state index in [4.69, 9.17) is 5.73 Å². The number of carbonyl (C=O) groups excluding carboxylic acids is 2. The third-order valence-electron chi connectivity index (χ3n) is 5.86. The molecule has 0 aliphatic carbocycles. The molecule has 15 heteroatoms. The van der Waals surface area contributed by atoms with Gasteiger partial charge in [0.2, 0.25) is 11.7 Å². The number of hydrogen-bond donors (Lipinski definition) is 1. The Bertz CT molecular complexity index is 1150. The molecule has 0 bridgehead atoms. The molecule has 1 aromatic carbocycles. The number of halogens is 7. The Labute approximate surface area is 212 Å². The number of carbonyl (C=O) groups is 2. The molecule has 198 valence electrons. The molecule has 2 N–H and O–H groups in total. The summed E-state index contributed by atoms with van der Waals surface area (Å²) in [5, 5.41) is 0. The van der Waals surface area contributed by atoms with Gasteiger partial charge in [0.05, 0.1) is 18.1 Å². The van der Waals surface area contributed by atoms with Gasteiger partial charge in [0, 0.05) is 43.9 Å². The van der Waals surface area contributed by atoms with E-state index in [0.717, 1.165) is 4.57 Å². The van der Waals surface area contributed by atoms with Crippen LogP contribution >= 0.6 is 24.2 Å². The molecule has 2 aromatic rings. The fraction of sp³-hybridized carbons (Fsp3) is 0.476. The summed E-state index contributed by atoms with van der Waals surface area (Å²) in [7, 11) is 0. The number of hydrogen-bond acceptors (Lipinski definition) is 5. The maximum absolute atomic E-state index is 13.9. The van der Waals surface area contributed by atoms with E-state index in [-0.39, 0.29) is 61.8 Å². The fourth-order valence-electron chi connectivity index (χ4n) is 4.12. The number of benzene rings is 1. The lowest BCUT2D eigenvalue weighted by molar-refractivity contribution is -0.148. The van der Waals surface area contributed by atoms with Crippen LogP contribution < -0.4 is 5.73 Å². The maximum atomic E-state index is 13.9. The number of nitrogens with two attached hydrogens (primary N) is 1. The summed E-state index contributed by atoms with van der Waals surface area (Å²) in [4.78, 5) is 31.9. The monoisotopic (exact) mass is 557 g/mol. The molecule has 4 rings (SSSR count). The third kappa shape index (κ3) is 5.75. The van der Waals surface area contributed by atoms with Crippen LogP contribution in [0, 0.1) is 17.5 Å². The van der Waals surface area contributed by atoms with Crippen molar-refractivity contribution in [2.45, 2.75) is 38.1 Å². The van der Waals surface area contributed by atoms with Crippen molar-refractivity contribution in [1.82, 2.24) is 19.4 Å². The summed E-state index contributed by atoms with van der Waals surface area (Å²) in [6, 6.07) is 0.102. The van der Waals surface area contributed by atoms with Gasteiger partial charge in [-0.25, -0.2) is 18.2 Å². The largest absolute Gasteiger partial charge is 0.449 e. The second-order valence-corrected chi connectivity index (χ2v) is 9.40. The number of thioether (sulfide) groups is 1. The summed E-state index contributed by atoms with van der Waals surface area (Å²) in [5.74, 6) is -4.96. The number of aromatic nitrogens is 2. The van der Waals surface area contributed by atoms with Crippen molar-refractivity contribution in [3.8, 4) is 0 Å². The fourth-order valence-corrected chi connectivity index (χ4v) is 5.07. The normalized spacial score (nSPS) is 16.5. The molecule has 2 aliphatic rings. The van der Waals surface area contributed by atoms with Crippen LogP contribution in [0.15, 0.2) is 12.1 Å². The minimum Gasteiger partial charge on any atom is -0.335 e. The van der Waals surface area contributed by atoms with E-state index < -0.39 is 47.3 Å². The van der Waals surface area contributed by atoms with Gasteiger partial charge in [-0.15, -0.1) is 24.2 Å². The molecule has 7 nitrogen and oxygen atoms in total. The molecule has 1 unspecified atom stereocenters. The van der Waals surface area contributed by atoms with E-state index >= 15 is 0 Å². The van der Waals surface area contributed by atoms with Crippen LogP contribution in [0.4, 0.5) is 26.3 Å². The van der Waals surface area contributed by atoms with Crippen LogP contribution in [0.25, 0.3) is 0 Å². The highest BCUT2D eigenvalue weighted by atomic mass is 35.5. The van der Waals surface area contributed by atoms with Gasteiger partial charge in [-0.2, -0.15) is 13.2 Å². The average Bonchev–Trinajstić information content (AvgIpc) is 3.44. The lowest BCUT2D eigenvalue weighted by Gasteiger charge is -2.30. The highest BCUT2D eigenvalue weighted by molar-refractivity contribution is 7.99. The van der Waals surface area contributed by atoms with Crippen LogP contribution in [0.3, 0.4) is 0 Å². The van der Waals surface area contributed by atoms with Gasteiger partial charge < -0.3 is 20.1 Å². The van der Waals surface area contributed by atoms with Crippen molar-refractivity contribution in [1.29, 1.82) is 0 Å². The molecular formula is C21H22ClF6N5O2S. The zero-order chi connectivity index (χ0) is 25.5. The van der Waals surface area contributed by atoms with Gasteiger partial charge in [-0.3, -0.25) is 9.59 Å². The molecule has 2 amide bonds. The predicted octanol–water partition coefficient (Wildman–Crippen LogP) is 3.19. The second kappa shape index (κ2) is 10.9. The van der Waals surface area contributed by atoms with Crippen LogP contribution in [-0.4, -0.2) is 61.9 Å². The van der Waals surface area contributed by atoms with E-state index in [1.54, 1.807) is 0 Å². The summed E-state index contributed by atoms with van der Waals surface area (Å²) in [6.45, 7) is -0.200. The van der Waals surface area contributed by atoms with Crippen molar-refractivity contribution in [2.24, 2.45) is 5.73 Å². The van der Waals surface area contributed by atoms with E-state index in [2.05, 4.69) is 4.98 Å². The van der Waals surface area contributed by atoms with Gasteiger partial charge in [-0.05, 0) is 18.1 Å². The molecular weight excluding hydrogens is 536 g/mol. The molecule has 1 saturated heterocycles. The number of fused-ring (bicyclic) bond motifs is 1. The Morgan fingerprint density at radius 1 is 1.06 bits per heavy atom. The topological polar surface area (TPSA) is 84.5 Å². The summed E-state index contributed by atoms with van der Waals surface area (Å²) >= 11 is 1.47. The molecule has 0 spiro atoms. The number of nitrogens with zero attached hydrogens (tertiary/aromatic N) is 4. The first-order chi connectivity index (χ1) is 16.5. The number of alkyl halides is 3. The van der Waals surface area contributed by atoms with Gasteiger partial charge >= 0.3 is 6.18 Å². The van der Waals surface area contributed by atoms with Gasteiger partial charge in [0.15, 0.2) is 17.3 Å². The maximum Gasteiger partial charge on any atom is 0.449 e. The standard InChI is InChI=1S/C21H21F6N5O2S.ClH/c22-13-8-15(24)14(23)6-11(13)5-12(28)7-17(33)30-1-2-32-16(9-30)18(29-20(32)21(25,26)27)19(34)31-3-4-35-10-31;/h6,8,12H,1-5,7,9-10,28H2;1H. The lowest BCUT2D eigenvalue weighted by atomic mass is 10.0. The van der Waals surface area contributed by atoms with Gasteiger partial charge in [-0.1, -0.05) is 0 Å². The molecule has 1 atom stereocenters.